The summed E-state index contributed by atoms with van der Waals surface area (Å²) in [6.07, 6.45) is 11.0. The number of hydrogen-bond donors (Lipinski definition) is 3. The number of rotatable bonds is 12. The first kappa shape index (κ1) is 45.0. The second kappa shape index (κ2) is 18.4. The van der Waals surface area contributed by atoms with Crippen molar-refractivity contribution in [1.82, 2.24) is 24.6 Å². The normalized spacial score (nSPS) is 20.4. The average molecular weight is 932 g/mol. The van der Waals surface area contributed by atoms with Crippen LogP contribution in [0.15, 0.2) is 71.9 Å². The van der Waals surface area contributed by atoms with Gasteiger partial charge >= 0.3 is 0 Å². The lowest BCUT2D eigenvalue weighted by Gasteiger charge is -2.56. The number of ether oxygens (including phenoxy) is 2. The fourth-order valence-corrected chi connectivity index (χ4v) is 12.4. The summed E-state index contributed by atoms with van der Waals surface area (Å²) in [4.78, 5) is 45.6. The predicted octanol–water partition coefficient (Wildman–Crippen LogP) is 8.76. The third-order valence-electron chi connectivity index (χ3n) is 15.1. The Labute approximate surface area is 392 Å². The minimum atomic E-state index is -4.68. The fourth-order valence-electron chi connectivity index (χ4n) is 11.4. The van der Waals surface area contributed by atoms with Gasteiger partial charge in [-0.2, -0.15) is 13.4 Å². The standard InChI is InChI=1S/C50H61N9O7S/c1-32(2)38-8-4-5-9-39(38)41-10-6-19-57(41)37-29-50(30-37)16-21-56(22-17-50)36-11-12-40(42(27-36)58-20-7-23-66-49-44(58)26-35-13-18-51-47(35)54-49)48(60)55-67(63,64)45-28-43(59(61)62)46(33(3)53-45)52-31-34-14-24-65-25-15-34/h4-5,8-9,11-13,18,26-28,32,34,37,41,52H,6-7,10,14-17,19-25,29-31H2,1-3H3,(H,51,54)(H,55,60). The van der Waals surface area contributed by atoms with Crippen molar-refractivity contribution in [3.05, 3.63) is 99.4 Å². The van der Waals surface area contributed by atoms with Crippen molar-refractivity contribution in [3.8, 4) is 5.88 Å². The molecule has 2 aromatic carbocycles. The Bertz CT molecular complexity index is 2780. The summed E-state index contributed by atoms with van der Waals surface area (Å²) >= 11 is 0. The topological polar surface area (TPSA) is 188 Å². The van der Waals surface area contributed by atoms with Crippen molar-refractivity contribution in [2.45, 2.75) is 102 Å². The summed E-state index contributed by atoms with van der Waals surface area (Å²) in [6, 6.07) is 20.4. The van der Waals surface area contributed by atoms with Crippen molar-refractivity contribution in [1.29, 1.82) is 0 Å². The maximum Gasteiger partial charge on any atom is 0.297 e. The van der Waals surface area contributed by atoms with Crippen LogP contribution in [0.2, 0.25) is 0 Å². The molecule has 1 saturated carbocycles. The number of anilines is 4. The number of H-pyrrole nitrogens is 1. The highest BCUT2D eigenvalue weighted by atomic mass is 32.2. The maximum atomic E-state index is 14.5. The first-order valence-electron chi connectivity index (χ1n) is 24.0. The number of aromatic amines is 1. The third kappa shape index (κ3) is 8.93. The number of carbonyl (C=O) groups is 1. The number of fused-ring (bicyclic) bond motifs is 2. The van der Waals surface area contributed by atoms with Gasteiger partial charge in [0.05, 0.1) is 34.5 Å². The number of nitro groups is 1. The fraction of sp³-hybridized carbons (Fsp3) is 0.500. The molecule has 17 heteroatoms. The molecule has 5 aromatic rings. The first-order chi connectivity index (χ1) is 32.4. The molecule has 354 valence electrons. The largest absolute Gasteiger partial charge is 0.476 e. The predicted molar refractivity (Wildman–Crippen MR) is 258 cm³/mol. The molecule has 4 aliphatic heterocycles. The molecule has 3 N–H and O–H groups in total. The Balaban J connectivity index is 0.904. The number of benzene rings is 2. The van der Waals surface area contributed by atoms with E-state index in [1.807, 2.05) is 35.4 Å². The van der Waals surface area contributed by atoms with Crippen LogP contribution >= 0.6 is 0 Å². The van der Waals surface area contributed by atoms with E-state index in [9.17, 15) is 23.3 Å². The zero-order chi connectivity index (χ0) is 46.5. The number of aryl methyl sites for hydroxylation is 1. The van der Waals surface area contributed by atoms with Crippen LogP contribution in [-0.4, -0.2) is 97.7 Å². The molecule has 67 heavy (non-hydrogen) atoms. The van der Waals surface area contributed by atoms with Crippen LogP contribution in [0.4, 0.5) is 28.4 Å². The summed E-state index contributed by atoms with van der Waals surface area (Å²) in [5, 5.41) is 15.7. The summed E-state index contributed by atoms with van der Waals surface area (Å²) in [6.45, 7) is 11.6. The molecule has 1 atom stereocenters. The van der Waals surface area contributed by atoms with Gasteiger partial charge < -0.3 is 29.6 Å². The Kier molecular flexibility index (Phi) is 12.3. The number of sulfonamides is 1. The SMILES string of the molecule is Cc1nc(S(=O)(=O)NC(=O)c2ccc(N3CCC4(CC3)CC(N3CCCC3c3ccccc3C(C)C)C4)cc2N2CCCOc3nc4[nH]ccc4cc32)cc([N+](=O)[O-])c1NCC1CCOCC1. The Morgan fingerprint density at radius 1 is 0.955 bits per heavy atom. The number of nitrogens with one attached hydrogen (secondary N) is 3. The van der Waals surface area contributed by atoms with E-state index in [4.69, 9.17) is 14.5 Å². The van der Waals surface area contributed by atoms with Crippen LogP contribution in [0.5, 0.6) is 5.88 Å². The number of carbonyl (C=O) groups excluding carboxylic acids is 1. The Hall–Kier alpha value is -5.78. The third-order valence-corrected chi connectivity index (χ3v) is 16.3. The van der Waals surface area contributed by atoms with Crippen LogP contribution < -0.4 is 24.6 Å². The molecule has 1 unspecified atom stereocenters. The smallest absolute Gasteiger partial charge is 0.297 e. The van der Waals surface area contributed by atoms with Gasteiger partial charge in [0.1, 0.15) is 17.0 Å². The van der Waals surface area contributed by atoms with Crippen molar-refractivity contribution in [2.24, 2.45) is 11.3 Å². The van der Waals surface area contributed by atoms with Gasteiger partial charge in [0.2, 0.25) is 5.88 Å². The van der Waals surface area contributed by atoms with E-state index in [1.54, 1.807) is 6.07 Å². The molecule has 3 aromatic heterocycles. The Morgan fingerprint density at radius 3 is 2.52 bits per heavy atom. The number of nitrogens with zero attached hydrogens (tertiary/aromatic N) is 6. The highest BCUT2D eigenvalue weighted by Crippen LogP contribution is 2.54. The van der Waals surface area contributed by atoms with Crippen molar-refractivity contribution in [2.75, 3.05) is 67.7 Å². The van der Waals surface area contributed by atoms with Gasteiger partial charge in [-0.05, 0) is 130 Å². The van der Waals surface area contributed by atoms with E-state index in [2.05, 4.69) is 67.9 Å². The van der Waals surface area contributed by atoms with Crippen LogP contribution in [0.3, 0.4) is 0 Å². The van der Waals surface area contributed by atoms with Crippen molar-refractivity contribution >= 4 is 55.4 Å². The highest BCUT2D eigenvalue weighted by Gasteiger charge is 2.50. The molecule has 3 saturated heterocycles. The van der Waals surface area contributed by atoms with E-state index in [0.717, 1.165) is 62.5 Å². The molecule has 1 spiro atoms. The molecule has 16 nitrogen and oxygen atoms in total. The molecule has 0 bridgehead atoms. The van der Waals surface area contributed by atoms with Crippen molar-refractivity contribution < 1.29 is 27.6 Å². The second-order valence-electron chi connectivity index (χ2n) is 19.6. The lowest BCUT2D eigenvalue weighted by Crippen LogP contribution is -2.55. The molecular formula is C50H61N9O7S. The lowest BCUT2D eigenvalue weighted by molar-refractivity contribution is -0.384. The summed E-state index contributed by atoms with van der Waals surface area (Å²) < 4.78 is 41.9. The number of hydrogen-bond acceptors (Lipinski definition) is 13. The highest BCUT2D eigenvalue weighted by molar-refractivity contribution is 7.90. The first-order valence-corrected chi connectivity index (χ1v) is 25.5. The van der Waals surface area contributed by atoms with Gasteiger partial charge in [-0.15, -0.1) is 0 Å². The van der Waals surface area contributed by atoms with E-state index >= 15 is 0 Å². The van der Waals surface area contributed by atoms with Gasteiger partial charge in [-0.1, -0.05) is 38.1 Å². The van der Waals surface area contributed by atoms with E-state index in [1.165, 1.54) is 43.7 Å². The zero-order valence-electron chi connectivity index (χ0n) is 38.6. The zero-order valence-corrected chi connectivity index (χ0v) is 39.4. The van der Waals surface area contributed by atoms with Gasteiger partial charge in [-0.25, -0.2) is 9.71 Å². The van der Waals surface area contributed by atoms with E-state index < -0.39 is 31.6 Å². The molecule has 1 amide bonds. The van der Waals surface area contributed by atoms with E-state index in [0.29, 0.717) is 85.6 Å². The van der Waals surface area contributed by atoms with Crippen LogP contribution in [-0.2, 0) is 14.8 Å². The number of piperidine rings is 1. The molecule has 0 radical (unpaired) electrons. The monoisotopic (exact) mass is 931 g/mol. The summed E-state index contributed by atoms with van der Waals surface area (Å²) in [7, 11) is -4.68. The van der Waals surface area contributed by atoms with Gasteiger partial charge in [-0.3, -0.25) is 19.8 Å². The quantitative estimate of drug-likeness (QED) is 0.0797. The Morgan fingerprint density at radius 2 is 1.75 bits per heavy atom. The molecule has 1 aliphatic carbocycles. The molecular weight excluding hydrogens is 871 g/mol. The van der Waals surface area contributed by atoms with Crippen LogP contribution in [0.1, 0.15) is 111 Å². The number of amides is 1. The molecule has 5 aliphatic rings. The number of aromatic nitrogens is 3. The minimum Gasteiger partial charge on any atom is -0.476 e. The van der Waals surface area contributed by atoms with E-state index in [-0.39, 0.29) is 22.9 Å². The van der Waals surface area contributed by atoms with Gasteiger partial charge in [0, 0.05) is 68.7 Å². The lowest BCUT2D eigenvalue weighted by atomic mass is 9.59. The summed E-state index contributed by atoms with van der Waals surface area (Å²) in [5.74, 6) is 0.259. The number of likely N-dealkylation sites (tertiary alicyclic amines) is 1. The average Bonchev–Trinajstić information content (AvgIpc) is 3.95. The molecule has 4 fully saturated rings. The molecule has 7 heterocycles. The van der Waals surface area contributed by atoms with Gasteiger partial charge in [0.15, 0.2) is 5.03 Å². The number of pyridine rings is 2. The van der Waals surface area contributed by atoms with Crippen molar-refractivity contribution in [3.63, 3.8) is 0 Å². The van der Waals surface area contributed by atoms with Gasteiger partial charge in [0.25, 0.3) is 21.6 Å². The van der Waals surface area contributed by atoms with Crippen LogP contribution in [0, 0.1) is 28.4 Å². The minimum absolute atomic E-state index is 0.116. The van der Waals surface area contributed by atoms with Crippen LogP contribution in [0.25, 0.3) is 11.0 Å². The second-order valence-corrected chi connectivity index (χ2v) is 21.2. The molecule has 10 rings (SSSR count). The maximum absolute atomic E-state index is 14.5. The summed E-state index contributed by atoms with van der Waals surface area (Å²) in [5.41, 5.74) is 6.00.